The molecule has 0 saturated carbocycles. The van der Waals surface area contributed by atoms with Gasteiger partial charge in [0.2, 0.25) is 0 Å². The molecule has 0 aliphatic heterocycles. The molecular formula is C11H16N2O3. The Bertz CT molecular complexity index is 387. The average Bonchev–Trinajstić information content (AvgIpc) is 2.27. The van der Waals surface area contributed by atoms with Crippen molar-refractivity contribution in [2.75, 3.05) is 0 Å². The van der Waals surface area contributed by atoms with Gasteiger partial charge >= 0.3 is 5.97 Å². The lowest BCUT2D eigenvalue weighted by Gasteiger charge is -2.03. The predicted molar refractivity (Wildman–Crippen MR) is 58.8 cm³/mol. The van der Waals surface area contributed by atoms with E-state index in [4.69, 9.17) is 4.74 Å². The quantitative estimate of drug-likeness (QED) is 0.585. The van der Waals surface area contributed by atoms with Gasteiger partial charge in [-0.15, -0.1) is 0 Å². The number of H-pyrrole nitrogens is 1. The third-order valence-corrected chi connectivity index (χ3v) is 2.10. The molecule has 1 aromatic rings. The molecule has 0 aliphatic rings. The van der Waals surface area contributed by atoms with Crippen LogP contribution in [0.4, 0.5) is 0 Å². The minimum Gasteiger partial charge on any atom is -0.459 e. The number of carbonyl (C=O) groups is 1. The highest BCUT2D eigenvalue weighted by Crippen LogP contribution is 2.02. The first kappa shape index (κ1) is 12.4. The normalized spacial score (nSPS) is 10.1. The van der Waals surface area contributed by atoms with Crippen molar-refractivity contribution in [3.63, 3.8) is 0 Å². The summed E-state index contributed by atoms with van der Waals surface area (Å²) in [7, 11) is 0. The summed E-state index contributed by atoms with van der Waals surface area (Å²) in [6, 6.07) is 1.32. The topological polar surface area (TPSA) is 72.1 Å². The number of ether oxygens (including phenoxy) is 1. The fourth-order valence-electron chi connectivity index (χ4n) is 1.23. The van der Waals surface area contributed by atoms with Crippen LogP contribution >= 0.6 is 0 Å². The molecule has 0 radical (unpaired) electrons. The van der Waals surface area contributed by atoms with Crippen LogP contribution in [0.5, 0.6) is 0 Å². The summed E-state index contributed by atoms with van der Waals surface area (Å²) in [5.74, 6) is -0.240. The molecule has 88 valence electrons. The Morgan fingerprint density at radius 2 is 2.31 bits per heavy atom. The minimum atomic E-state index is -0.243. The maximum Gasteiger partial charge on any atom is 0.306 e. The third-order valence-electron chi connectivity index (χ3n) is 2.10. The van der Waals surface area contributed by atoms with Gasteiger partial charge in [0, 0.05) is 12.5 Å². The Hall–Kier alpha value is -1.65. The van der Waals surface area contributed by atoms with E-state index in [1.54, 1.807) is 0 Å². The molecule has 0 atom stereocenters. The Kier molecular flexibility index (Phi) is 5.25. The van der Waals surface area contributed by atoms with Gasteiger partial charge in [0.15, 0.2) is 0 Å². The number of esters is 1. The van der Waals surface area contributed by atoms with Crippen LogP contribution in [0.25, 0.3) is 0 Å². The monoisotopic (exact) mass is 224 g/mol. The van der Waals surface area contributed by atoms with E-state index < -0.39 is 0 Å². The maximum atomic E-state index is 11.2. The molecular weight excluding hydrogens is 208 g/mol. The van der Waals surface area contributed by atoms with Crippen LogP contribution in [0, 0.1) is 0 Å². The zero-order valence-electron chi connectivity index (χ0n) is 9.36. The molecule has 1 rings (SSSR count). The van der Waals surface area contributed by atoms with Crippen molar-refractivity contribution >= 4 is 5.97 Å². The summed E-state index contributed by atoms with van der Waals surface area (Å²) in [5.41, 5.74) is 0.222. The smallest absolute Gasteiger partial charge is 0.306 e. The number of aromatic amines is 1. The minimum absolute atomic E-state index is 0.0644. The van der Waals surface area contributed by atoms with E-state index >= 15 is 0 Å². The molecule has 5 heteroatoms. The first-order valence-electron chi connectivity index (χ1n) is 5.41. The van der Waals surface area contributed by atoms with E-state index in [1.165, 1.54) is 12.4 Å². The summed E-state index contributed by atoms with van der Waals surface area (Å²) in [6.07, 6.45) is 4.67. The summed E-state index contributed by atoms with van der Waals surface area (Å²) < 4.78 is 4.98. The van der Waals surface area contributed by atoms with Gasteiger partial charge in [-0.3, -0.25) is 9.59 Å². The highest BCUT2D eigenvalue weighted by Gasteiger charge is 2.03. The standard InChI is InChI=1S/C11H16N2O3/c1-2-3-4-5-11(15)16-7-9-6-10(14)13-8-12-9/h6,8H,2-5,7H2,1H3,(H,12,13,14). The van der Waals surface area contributed by atoms with Gasteiger partial charge in [0.05, 0.1) is 12.0 Å². The molecule has 0 aliphatic carbocycles. The van der Waals surface area contributed by atoms with Gasteiger partial charge in [-0.1, -0.05) is 19.8 Å². The molecule has 0 aromatic carbocycles. The van der Waals surface area contributed by atoms with Crippen LogP contribution in [0.2, 0.25) is 0 Å². The van der Waals surface area contributed by atoms with Crippen LogP contribution in [-0.2, 0) is 16.1 Å². The number of nitrogens with one attached hydrogen (secondary N) is 1. The molecule has 0 saturated heterocycles. The predicted octanol–water partition coefficient (Wildman–Crippen LogP) is 1.39. The van der Waals surface area contributed by atoms with E-state index in [9.17, 15) is 9.59 Å². The van der Waals surface area contributed by atoms with Crippen molar-refractivity contribution in [2.45, 2.75) is 39.2 Å². The fourth-order valence-corrected chi connectivity index (χ4v) is 1.23. The highest BCUT2D eigenvalue weighted by molar-refractivity contribution is 5.69. The van der Waals surface area contributed by atoms with Gasteiger partial charge in [0.1, 0.15) is 6.61 Å². The van der Waals surface area contributed by atoms with Crippen molar-refractivity contribution in [1.29, 1.82) is 0 Å². The van der Waals surface area contributed by atoms with E-state index in [2.05, 4.69) is 16.9 Å². The third kappa shape index (κ3) is 4.72. The molecule has 16 heavy (non-hydrogen) atoms. The van der Waals surface area contributed by atoms with Gasteiger partial charge in [-0.25, -0.2) is 4.98 Å². The number of aromatic nitrogens is 2. The number of hydrogen-bond donors (Lipinski definition) is 1. The van der Waals surface area contributed by atoms with Crippen molar-refractivity contribution < 1.29 is 9.53 Å². The van der Waals surface area contributed by atoms with Crippen LogP contribution in [0.1, 0.15) is 38.3 Å². The van der Waals surface area contributed by atoms with Crippen molar-refractivity contribution in [2.24, 2.45) is 0 Å². The van der Waals surface area contributed by atoms with Crippen LogP contribution in [0.3, 0.4) is 0 Å². The van der Waals surface area contributed by atoms with Crippen molar-refractivity contribution in [1.82, 2.24) is 9.97 Å². The summed E-state index contributed by atoms with van der Waals surface area (Å²) in [5, 5.41) is 0. The Labute approximate surface area is 93.9 Å². The molecule has 1 N–H and O–H groups in total. The molecule has 0 bridgehead atoms. The molecule has 1 aromatic heterocycles. The van der Waals surface area contributed by atoms with Crippen LogP contribution in [0.15, 0.2) is 17.2 Å². The van der Waals surface area contributed by atoms with E-state index in [0.29, 0.717) is 12.1 Å². The number of carbonyl (C=O) groups excluding carboxylic acids is 1. The van der Waals surface area contributed by atoms with E-state index in [-0.39, 0.29) is 18.1 Å². The number of hydrogen-bond acceptors (Lipinski definition) is 4. The molecule has 0 amide bonds. The lowest BCUT2D eigenvalue weighted by atomic mass is 10.2. The lowest BCUT2D eigenvalue weighted by molar-refractivity contribution is -0.145. The molecule has 5 nitrogen and oxygen atoms in total. The number of nitrogens with zero attached hydrogens (tertiary/aromatic N) is 1. The van der Waals surface area contributed by atoms with Crippen molar-refractivity contribution in [3.8, 4) is 0 Å². The number of rotatable bonds is 6. The molecule has 0 spiro atoms. The lowest BCUT2D eigenvalue weighted by Crippen LogP contribution is -2.10. The second-order valence-corrected chi connectivity index (χ2v) is 3.52. The van der Waals surface area contributed by atoms with Gasteiger partial charge in [0.25, 0.3) is 5.56 Å². The fraction of sp³-hybridized carbons (Fsp3) is 0.545. The Morgan fingerprint density at radius 3 is 3.00 bits per heavy atom. The SMILES string of the molecule is CCCCCC(=O)OCc1cc(=O)[nH]cn1. The van der Waals surface area contributed by atoms with E-state index in [0.717, 1.165) is 19.3 Å². The Morgan fingerprint density at radius 1 is 1.50 bits per heavy atom. The summed E-state index contributed by atoms with van der Waals surface area (Å²) >= 11 is 0. The zero-order valence-corrected chi connectivity index (χ0v) is 9.36. The second-order valence-electron chi connectivity index (χ2n) is 3.52. The molecule has 1 heterocycles. The average molecular weight is 224 g/mol. The Balaban J connectivity index is 2.29. The van der Waals surface area contributed by atoms with Gasteiger partial charge < -0.3 is 9.72 Å². The summed E-state index contributed by atoms with van der Waals surface area (Å²) in [6.45, 7) is 2.14. The largest absolute Gasteiger partial charge is 0.459 e. The molecule has 0 fully saturated rings. The number of unbranched alkanes of at least 4 members (excludes halogenated alkanes) is 2. The summed E-state index contributed by atoms with van der Waals surface area (Å²) in [4.78, 5) is 28.4. The van der Waals surface area contributed by atoms with Gasteiger partial charge in [-0.05, 0) is 6.42 Å². The van der Waals surface area contributed by atoms with Gasteiger partial charge in [-0.2, -0.15) is 0 Å². The first-order chi connectivity index (χ1) is 7.72. The maximum absolute atomic E-state index is 11.2. The van der Waals surface area contributed by atoms with Crippen molar-refractivity contribution in [3.05, 3.63) is 28.4 Å². The second kappa shape index (κ2) is 6.76. The zero-order chi connectivity index (χ0) is 11.8. The van der Waals surface area contributed by atoms with Crippen LogP contribution < -0.4 is 5.56 Å². The molecule has 0 unspecified atom stereocenters. The first-order valence-corrected chi connectivity index (χ1v) is 5.41. The van der Waals surface area contributed by atoms with E-state index in [1.807, 2.05) is 0 Å². The highest BCUT2D eigenvalue weighted by atomic mass is 16.5. The van der Waals surface area contributed by atoms with Crippen LogP contribution in [-0.4, -0.2) is 15.9 Å².